The van der Waals surface area contributed by atoms with Crippen LogP contribution in [-0.4, -0.2) is 24.7 Å². The van der Waals surface area contributed by atoms with E-state index in [1.807, 2.05) is 31.4 Å². The van der Waals surface area contributed by atoms with Gasteiger partial charge in [0.2, 0.25) is 10.0 Å². The van der Waals surface area contributed by atoms with Gasteiger partial charge in [-0.15, -0.1) is 11.3 Å². The molecule has 0 aliphatic rings. The summed E-state index contributed by atoms with van der Waals surface area (Å²) in [4.78, 5) is 1.13. The molecule has 0 bridgehead atoms. The largest absolute Gasteiger partial charge is 0.268 e. The summed E-state index contributed by atoms with van der Waals surface area (Å²) in [7, 11) is -3.54. The third-order valence-electron chi connectivity index (χ3n) is 3.34. The first-order valence-electron chi connectivity index (χ1n) is 7.58. The molecular formula is C15H23N3O2S2. The van der Waals surface area contributed by atoms with E-state index >= 15 is 0 Å². The van der Waals surface area contributed by atoms with E-state index in [0.29, 0.717) is 12.2 Å². The van der Waals surface area contributed by atoms with Crippen LogP contribution in [0.2, 0.25) is 0 Å². The molecule has 0 amide bonds. The van der Waals surface area contributed by atoms with E-state index in [4.69, 9.17) is 0 Å². The molecule has 1 N–H and O–H groups in total. The minimum Gasteiger partial charge on any atom is -0.268 e. The van der Waals surface area contributed by atoms with Crippen LogP contribution < -0.4 is 4.72 Å². The Kier molecular flexibility index (Phi) is 5.77. The molecule has 0 fully saturated rings. The monoisotopic (exact) mass is 341 g/mol. The van der Waals surface area contributed by atoms with E-state index in [-0.39, 0.29) is 10.9 Å². The van der Waals surface area contributed by atoms with Crippen LogP contribution in [0.4, 0.5) is 0 Å². The standard InChI is InChI=1S/C15H23N3O2S2/c1-4-5-6-9-16-22(19,20)14-11-18(12(2)3)17-15(14)13-8-7-10-21-13/h7-8,10-12,16H,4-6,9H2,1-3H3. The highest BCUT2D eigenvalue weighted by molar-refractivity contribution is 7.89. The zero-order chi connectivity index (χ0) is 16.2. The van der Waals surface area contributed by atoms with Gasteiger partial charge in [-0.2, -0.15) is 5.10 Å². The van der Waals surface area contributed by atoms with Gasteiger partial charge in [0.25, 0.3) is 0 Å². The Balaban J connectivity index is 2.32. The summed E-state index contributed by atoms with van der Waals surface area (Å²) >= 11 is 1.50. The van der Waals surface area contributed by atoms with Crippen molar-refractivity contribution in [2.45, 2.75) is 51.0 Å². The van der Waals surface area contributed by atoms with Crippen LogP contribution in [0.15, 0.2) is 28.6 Å². The van der Waals surface area contributed by atoms with Crippen molar-refractivity contribution in [3.8, 4) is 10.6 Å². The molecule has 2 aromatic rings. The van der Waals surface area contributed by atoms with Crippen molar-refractivity contribution in [3.63, 3.8) is 0 Å². The lowest BCUT2D eigenvalue weighted by Crippen LogP contribution is -2.25. The molecule has 0 aliphatic carbocycles. The summed E-state index contributed by atoms with van der Waals surface area (Å²) < 4.78 is 29.6. The summed E-state index contributed by atoms with van der Waals surface area (Å²) in [5, 5.41) is 6.40. The number of sulfonamides is 1. The SMILES string of the molecule is CCCCCNS(=O)(=O)c1cn(C(C)C)nc1-c1cccs1. The zero-order valence-electron chi connectivity index (χ0n) is 13.2. The second kappa shape index (κ2) is 7.39. The lowest BCUT2D eigenvalue weighted by atomic mass is 10.3. The fourth-order valence-electron chi connectivity index (χ4n) is 2.08. The molecule has 5 nitrogen and oxygen atoms in total. The third-order valence-corrected chi connectivity index (χ3v) is 5.68. The van der Waals surface area contributed by atoms with Gasteiger partial charge in [0.1, 0.15) is 10.6 Å². The Hall–Kier alpha value is -1.18. The number of nitrogens with one attached hydrogen (secondary N) is 1. The molecule has 0 aromatic carbocycles. The maximum Gasteiger partial charge on any atom is 0.244 e. The third kappa shape index (κ3) is 3.97. The molecule has 0 unspecified atom stereocenters. The maximum absolute atomic E-state index is 12.6. The number of rotatable bonds is 8. The van der Waals surface area contributed by atoms with Gasteiger partial charge in [0.05, 0.1) is 4.88 Å². The molecule has 0 saturated heterocycles. The highest BCUT2D eigenvalue weighted by Crippen LogP contribution is 2.30. The second-order valence-electron chi connectivity index (χ2n) is 5.50. The lowest BCUT2D eigenvalue weighted by Gasteiger charge is -2.05. The molecule has 22 heavy (non-hydrogen) atoms. The molecular weight excluding hydrogens is 318 g/mol. The zero-order valence-corrected chi connectivity index (χ0v) is 14.9. The molecule has 2 aromatic heterocycles. The number of unbranched alkanes of at least 4 members (excludes halogenated alkanes) is 2. The molecule has 122 valence electrons. The Bertz CT molecular complexity index is 688. The molecule has 0 saturated carbocycles. The number of hydrogen-bond donors (Lipinski definition) is 1. The van der Waals surface area contributed by atoms with Crippen molar-refractivity contribution in [3.05, 3.63) is 23.7 Å². The van der Waals surface area contributed by atoms with Crippen molar-refractivity contribution >= 4 is 21.4 Å². The fraction of sp³-hybridized carbons (Fsp3) is 0.533. The van der Waals surface area contributed by atoms with Crippen molar-refractivity contribution in [2.75, 3.05) is 6.54 Å². The van der Waals surface area contributed by atoms with Crippen LogP contribution in [-0.2, 0) is 10.0 Å². The first-order valence-corrected chi connectivity index (χ1v) is 9.94. The van der Waals surface area contributed by atoms with Crippen LogP contribution in [0.3, 0.4) is 0 Å². The molecule has 2 rings (SSSR count). The number of nitrogens with zero attached hydrogens (tertiary/aromatic N) is 2. The summed E-state index contributed by atoms with van der Waals surface area (Å²) in [6.07, 6.45) is 4.56. The first kappa shape index (κ1) is 17.2. The van der Waals surface area contributed by atoms with Crippen LogP contribution >= 0.6 is 11.3 Å². The Labute approximate surface area is 136 Å². The van der Waals surface area contributed by atoms with E-state index in [2.05, 4.69) is 16.7 Å². The minimum absolute atomic E-state index is 0.114. The Morgan fingerprint density at radius 3 is 2.73 bits per heavy atom. The normalized spacial score (nSPS) is 12.2. The number of thiophene rings is 1. The summed E-state index contributed by atoms with van der Waals surface area (Å²) in [6.45, 7) is 6.52. The maximum atomic E-state index is 12.6. The van der Waals surface area contributed by atoms with Crippen molar-refractivity contribution in [1.29, 1.82) is 0 Å². The number of aromatic nitrogens is 2. The molecule has 0 spiro atoms. The van der Waals surface area contributed by atoms with Crippen LogP contribution in [0, 0.1) is 0 Å². The van der Waals surface area contributed by atoms with Gasteiger partial charge in [-0.3, -0.25) is 4.68 Å². The predicted octanol–water partition coefficient (Wildman–Crippen LogP) is 3.66. The van der Waals surface area contributed by atoms with Crippen molar-refractivity contribution in [2.24, 2.45) is 0 Å². The van der Waals surface area contributed by atoms with Crippen molar-refractivity contribution in [1.82, 2.24) is 14.5 Å². The lowest BCUT2D eigenvalue weighted by molar-refractivity contribution is 0.532. The second-order valence-corrected chi connectivity index (χ2v) is 8.18. The van der Waals surface area contributed by atoms with E-state index in [9.17, 15) is 8.42 Å². The Morgan fingerprint density at radius 2 is 2.14 bits per heavy atom. The van der Waals surface area contributed by atoms with Gasteiger partial charge in [0.15, 0.2) is 0 Å². The highest BCUT2D eigenvalue weighted by Gasteiger charge is 2.24. The van der Waals surface area contributed by atoms with Gasteiger partial charge in [-0.05, 0) is 31.7 Å². The Morgan fingerprint density at radius 1 is 1.36 bits per heavy atom. The van der Waals surface area contributed by atoms with Crippen LogP contribution in [0.25, 0.3) is 10.6 Å². The average Bonchev–Trinajstić information content (AvgIpc) is 3.11. The fourth-order valence-corrected chi connectivity index (χ4v) is 4.09. The quantitative estimate of drug-likeness (QED) is 0.745. The predicted molar refractivity (Wildman–Crippen MR) is 90.6 cm³/mol. The molecule has 0 aliphatic heterocycles. The van der Waals surface area contributed by atoms with Gasteiger partial charge in [-0.1, -0.05) is 25.8 Å². The first-order chi connectivity index (χ1) is 10.5. The summed E-state index contributed by atoms with van der Waals surface area (Å²) in [5.74, 6) is 0. The van der Waals surface area contributed by atoms with Crippen molar-refractivity contribution < 1.29 is 8.42 Å². The molecule has 7 heteroatoms. The van der Waals surface area contributed by atoms with E-state index < -0.39 is 10.0 Å². The number of hydrogen-bond acceptors (Lipinski definition) is 4. The van der Waals surface area contributed by atoms with Gasteiger partial charge >= 0.3 is 0 Å². The average molecular weight is 342 g/mol. The van der Waals surface area contributed by atoms with Gasteiger partial charge < -0.3 is 0 Å². The highest BCUT2D eigenvalue weighted by atomic mass is 32.2. The van der Waals surface area contributed by atoms with Crippen LogP contribution in [0.1, 0.15) is 46.1 Å². The molecule has 0 atom stereocenters. The molecule has 2 heterocycles. The van der Waals surface area contributed by atoms with Gasteiger partial charge in [-0.25, -0.2) is 13.1 Å². The molecule has 0 radical (unpaired) electrons. The van der Waals surface area contributed by atoms with E-state index in [1.165, 1.54) is 11.3 Å². The van der Waals surface area contributed by atoms with Crippen LogP contribution in [0.5, 0.6) is 0 Å². The van der Waals surface area contributed by atoms with E-state index in [1.54, 1.807) is 10.9 Å². The van der Waals surface area contributed by atoms with Gasteiger partial charge in [0, 0.05) is 18.8 Å². The topological polar surface area (TPSA) is 64.0 Å². The summed E-state index contributed by atoms with van der Waals surface area (Å²) in [6, 6.07) is 3.91. The summed E-state index contributed by atoms with van der Waals surface area (Å²) in [5.41, 5.74) is 0.534. The smallest absolute Gasteiger partial charge is 0.244 e. The minimum atomic E-state index is -3.54. The van der Waals surface area contributed by atoms with E-state index in [0.717, 1.165) is 24.1 Å².